The minimum Gasteiger partial charge on any atom is -0.472 e. The van der Waals surface area contributed by atoms with Crippen molar-refractivity contribution in [2.24, 2.45) is 39.9 Å². The molecule has 3 aliphatic carbocycles. The highest BCUT2D eigenvalue weighted by Crippen LogP contribution is 2.73. The number of esters is 5. The van der Waals surface area contributed by atoms with Crippen LogP contribution in [-0.4, -0.2) is 82.8 Å². The molecule has 0 aromatic carbocycles. The Morgan fingerprint density at radius 2 is 1.40 bits per heavy atom. The van der Waals surface area contributed by atoms with Gasteiger partial charge in [-0.2, -0.15) is 0 Å². The normalized spacial score (nSPS) is 37.6. The van der Waals surface area contributed by atoms with Gasteiger partial charge < -0.3 is 38.3 Å². The molecule has 306 valence electrons. The van der Waals surface area contributed by atoms with Crippen molar-refractivity contribution in [1.29, 1.82) is 0 Å². The summed E-state index contributed by atoms with van der Waals surface area (Å²) >= 11 is 0. The number of hydrogen-bond acceptors (Lipinski definition) is 13. The molecular formula is C42H60O13. The molecule has 14 atom stereocenters. The second kappa shape index (κ2) is 15.7. The minimum absolute atomic E-state index is 0.0531. The lowest BCUT2D eigenvalue weighted by atomic mass is 9.39. The van der Waals surface area contributed by atoms with Crippen LogP contribution in [0.15, 0.2) is 34.7 Å². The molecule has 2 saturated carbocycles. The molecule has 4 aliphatic rings. The molecule has 1 aliphatic heterocycles. The van der Waals surface area contributed by atoms with Crippen LogP contribution >= 0.6 is 0 Å². The van der Waals surface area contributed by atoms with E-state index in [0.717, 1.165) is 11.1 Å². The van der Waals surface area contributed by atoms with E-state index < -0.39 is 112 Å². The van der Waals surface area contributed by atoms with Gasteiger partial charge in [-0.05, 0) is 55.6 Å². The van der Waals surface area contributed by atoms with Gasteiger partial charge in [0.2, 0.25) is 0 Å². The van der Waals surface area contributed by atoms with Gasteiger partial charge in [0.05, 0.1) is 18.9 Å². The van der Waals surface area contributed by atoms with E-state index in [-0.39, 0.29) is 25.2 Å². The van der Waals surface area contributed by atoms with E-state index in [1.807, 2.05) is 33.8 Å². The van der Waals surface area contributed by atoms with E-state index in [0.29, 0.717) is 19.3 Å². The highest BCUT2D eigenvalue weighted by Gasteiger charge is 2.74. The molecule has 13 heteroatoms. The third-order valence-corrected chi connectivity index (χ3v) is 14.2. The first-order chi connectivity index (χ1) is 25.7. The Morgan fingerprint density at radius 3 is 1.96 bits per heavy atom. The number of fused-ring (bicyclic) bond motifs is 5. The molecule has 0 radical (unpaired) electrons. The molecule has 3 fully saturated rings. The summed E-state index contributed by atoms with van der Waals surface area (Å²) in [6.45, 7) is 17.0. The van der Waals surface area contributed by atoms with Crippen molar-refractivity contribution in [2.45, 2.75) is 150 Å². The largest absolute Gasteiger partial charge is 0.472 e. The molecule has 0 spiro atoms. The Kier molecular flexibility index (Phi) is 12.1. The molecule has 0 unspecified atom stereocenters. The van der Waals surface area contributed by atoms with Crippen LogP contribution < -0.4 is 0 Å². The zero-order chi connectivity index (χ0) is 40.8. The van der Waals surface area contributed by atoms with Crippen molar-refractivity contribution in [3.63, 3.8) is 0 Å². The molecule has 0 amide bonds. The van der Waals surface area contributed by atoms with E-state index in [9.17, 15) is 34.2 Å². The van der Waals surface area contributed by atoms with Crippen LogP contribution in [0, 0.1) is 39.9 Å². The molecule has 2 heterocycles. The summed E-state index contributed by atoms with van der Waals surface area (Å²) in [4.78, 5) is 66.8. The number of allylic oxidation sites excluding steroid dienone is 1. The zero-order valence-electron chi connectivity index (χ0n) is 33.9. The maximum atomic E-state index is 13.9. The van der Waals surface area contributed by atoms with E-state index in [2.05, 4.69) is 13.0 Å². The van der Waals surface area contributed by atoms with Crippen LogP contribution in [0.4, 0.5) is 0 Å². The van der Waals surface area contributed by atoms with Crippen LogP contribution in [0.1, 0.15) is 119 Å². The Balaban J connectivity index is 1.73. The SMILES string of the molecule is CC[C@@H](C)[C@@H](O)C(=O)O[C@@H]1C[C@@H]2[C@](C)([C@@H](OC(C)=O)CC(=O)O[C@]2(C)COC(=O)[C@H](O)[C@@H](C)CC)[C@H]2C[C@H](OC(C)=O)[C@]3(C)C(=CC[C@H]3c3ccoc3)[C@]12C. The van der Waals surface area contributed by atoms with E-state index in [4.69, 9.17) is 28.1 Å². The van der Waals surface area contributed by atoms with Gasteiger partial charge >= 0.3 is 29.8 Å². The number of ether oxygens (including phenoxy) is 5. The number of hydrogen-bond donors (Lipinski definition) is 2. The van der Waals surface area contributed by atoms with Crippen molar-refractivity contribution < 1.29 is 62.3 Å². The number of cyclic esters (lactones) is 1. The number of carbonyl (C=O) groups excluding carboxylic acids is 5. The number of furan rings is 1. The van der Waals surface area contributed by atoms with Crippen LogP contribution in [0.2, 0.25) is 0 Å². The molecule has 0 bridgehead atoms. The third kappa shape index (κ3) is 7.24. The Labute approximate surface area is 323 Å². The van der Waals surface area contributed by atoms with Gasteiger partial charge in [-0.25, -0.2) is 9.59 Å². The maximum absolute atomic E-state index is 13.9. The smallest absolute Gasteiger partial charge is 0.335 e. The molecule has 5 rings (SSSR count). The summed E-state index contributed by atoms with van der Waals surface area (Å²) in [6, 6.07) is 1.89. The van der Waals surface area contributed by atoms with Gasteiger partial charge in [0, 0.05) is 41.9 Å². The van der Waals surface area contributed by atoms with Crippen molar-refractivity contribution in [3.8, 4) is 0 Å². The molecule has 1 aromatic rings. The first-order valence-corrected chi connectivity index (χ1v) is 19.7. The van der Waals surface area contributed by atoms with Crippen LogP contribution in [-0.2, 0) is 47.7 Å². The molecular weight excluding hydrogens is 712 g/mol. The first kappa shape index (κ1) is 42.4. The molecule has 1 aromatic heterocycles. The van der Waals surface area contributed by atoms with Gasteiger partial charge in [0.1, 0.15) is 30.5 Å². The van der Waals surface area contributed by atoms with Crippen LogP contribution in [0.3, 0.4) is 0 Å². The van der Waals surface area contributed by atoms with Gasteiger partial charge in [0.15, 0.2) is 12.2 Å². The van der Waals surface area contributed by atoms with Gasteiger partial charge in [-0.3, -0.25) is 14.4 Å². The van der Waals surface area contributed by atoms with Gasteiger partial charge in [0.25, 0.3) is 0 Å². The van der Waals surface area contributed by atoms with Gasteiger partial charge in [-0.1, -0.05) is 73.0 Å². The second-order valence-corrected chi connectivity index (χ2v) is 17.4. The van der Waals surface area contributed by atoms with Gasteiger partial charge in [-0.15, -0.1) is 0 Å². The fourth-order valence-corrected chi connectivity index (χ4v) is 10.7. The third-order valence-electron chi connectivity index (χ3n) is 14.2. The summed E-state index contributed by atoms with van der Waals surface area (Å²) in [7, 11) is 0. The molecule has 2 N–H and O–H groups in total. The lowest BCUT2D eigenvalue weighted by molar-refractivity contribution is -0.247. The first-order valence-electron chi connectivity index (χ1n) is 19.7. The Bertz CT molecular complexity index is 1650. The predicted octanol–water partition coefficient (Wildman–Crippen LogP) is 5.59. The highest BCUT2D eigenvalue weighted by molar-refractivity contribution is 5.76. The standard InChI is InChI=1S/C42H60O13/c1-11-22(3)35(46)37(48)51-21-39(7)29-17-32(54-38(49)36(47)23(4)12-2)41(9)28-14-13-27(26-15-16-50-20-26)40(28,8)31(52-24(5)43)18-30(41)42(29,10)33(53-25(6)44)19-34(45)55-39/h14-16,20,22-23,27,29-33,35-36,46-47H,11-13,17-19,21H2,1-10H3/t22-,23+,27-,29-,30-,31-,32+,33-,35+,36+,39+,40-,41-,42-/m0/s1. The number of aliphatic hydroxyl groups excluding tert-OH is 2. The van der Waals surface area contributed by atoms with Crippen molar-refractivity contribution in [2.75, 3.05) is 6.61 Å². The van der Waals surface area contributed by atoms with Crippen LogP contribution in [0.25, 0.3) is 0 Å². The molecule has 55 heavy (non-hydrogen) atoms. The van der Waals surface area contributed by atoms with E-state index >= 15 is 0 Å². The van der Waals surface area contributed by atoms with Crippen molar-refractivity contribution >= 4 is 29.8 Å². The minimum atomic E-state index is -1.58. The average Bonchev–Trinajstić information content (AvgIpc) is 3.77. The topological polar surface area (TPSA) is 185 Å². The van der Waals surface area contributed by atoms with E-state index in [1.165, 1.54) is 13.8 Å². The summed E-state index contributed by atoms with van der Waals surface area (Å²) in [5, 5.41) is 21.9. The van der Waals surface area contributed by atoms with Crippen molar-refractivity contribution in [3.05, 3.63) is 35.8 Å². The van der Waals surface area contributed by atoms with Crippen molar-refractivity contribution in [1.82, 2.24) is 0 Å². The maximum Gasteiger partial charge on any atom is 0.335 e. The van der Waals surface area contributed by atoms with E-state index in [1.54, 1.807) is 33.3 Å². The summed E-state index contributed by atoms with van der Waals surface area (Å²) in [6.07, 6.45) is 1.39. The fraction of sp³-hybridized carbons (Fsp3) is 0.738. The Hall–Kier alpha value is -3.71. The lowest BCUT2D eigenvalue weighted by Crippen LogP contribution is -2.70. The summed E-state index contributed by atoms with van der Waals surface area (Å²) in [5.74, 6) is -5.86. The number of carbonyl (C=O) groups is 5. The second-order valence-electron chi connectivity index (χ2n) is 17.4. The Morgan fingerprint density at radius 1 is 0.836 bits per heavy atom. The number of rotatable bonds is 12. The monoisotopic (exact) mass is 772 g/mol. The summed E-state index contributed by atoms with van der Waals surface area (Å²) < 4.78 is 36.3. The lowest BCUT2D eigenvalue weighted by Gasteiger charge is -2.67. The summed E-state index contributed by atoms with van der Waals surface area (Å²) in [5.41, 5.74) is -2.79. The zero-order valence-corrected chi connectivity index (χ0v) is 33.9. The number of aliphatic hydroxyl groups is 2. The molecule has 13 nitrogen and oxygen atoms in total. The molecule has 1 saturated heterocycles. The fourth-order valence-electron chi connectivity index (χ4n) is 10.7. The quantitative estimate of drug-likeness (QED) is 0.152. The predicted molar refractivity (Wildman–Crippen MR) is 197 cm³/mol. The average molecular weight is 773 g/mol. The highest BCUT2D eigenvalue weighted by atomic mass is 16.6. The van der Waals surface area contributed by atoms with Crippen LogP contribution in [0.5, 0.6) is 0 Å².